The second kappa shape index (κ2) is 13.4. The first-order chi connectivity index (χ1) is 24.0. The van der Waals surface area contributed by atoms with Crippen LogP contribution < -0.4 is 21.6 Å². The largest absolute Gasteiger partial charge is 0.472 e. The van der Waals surface area contributed by atoms with Gasteiger partial charge < -0.3 is 49.7 Å². The van der Waals surface area contributed by atoms with Crippen LogP contribution in [0, 0.1) is 0 Å². The molecule has 27 heteroatoms. The maximum absolute atomic E-state index is 13.4. The molecule has 0 aliphatic carbocycles. The predicted molar refractivity (Wildman–Crippen MR) is 165 cm³/mol. The van der Waals surface area contributed by atoms with E-state index < -0.39 is 102 Å². The Morgan fingerprint density at radius 1 is 1.14 bits per heavy atom. The van der Waals surface area contributed by atoms with Crippen molar-refractivity contribution in [2.75, 3.05) is 31.3 Å². The van der Waals surface area contributed by atoms with Crippen molar-refractivity contribution in [3.63, 3.8) is 0 Å². The first-order valence-electron chi connectivity index (χ1n) is 14.8. The maximum Gasteiger partial charge on any atom is 0.472 e. The zero-order valence-electron chi connectivity index (χ0n) is 25.6. The van der Waals surface area contributed by atoms with Gasteiger partial charge in [0.25, 0.3) is 11.5 Å². The number of aromatic nitrogens is 7. The summed E-state index contributed by atoms with van der Waals surface area (Å²) in [6.07, 6.45) is -14.4. The lowest BCUT2D eigenvalue weighted by Crippen LogP contribution is -2.47. The number of anilines is 2. The van der Waals surface area contributed by atoms with Gasteiger partial charge in [0.05, 0.1) is 31.6 Å². The molecule has 2 bridgehead atoms. The molecule has 0 spiro atoms. The third-order valence-electron chi connectivity index (χ3n) is 8.20. The highest BCUT2D eigenvalue weighted by molar-refractivity contribution is 8.07. The van der Waals surface area contributed by atoms with E-state index in [-0.39, 0.29) is 28.6 Å². The average molecular weight is 787 g/mol. The number of imidazole rings is 1. The second-order valence-corrected chi connectivity index (χ2v) is 15.7. The van der Waals surface area contributed by atoms with Crippen molar-refractivity contribution in [2.45, 2.75) is 61.7 Å². The number of fused-ring (bicyclic) bond motifs is 5. The summed E-state index contributed by atoms with van der Waals surface area (Å²) in [6, 6.07) is 1.55. The molecule has 10 atom stereocenters. The van der Waals surface area contributed by atoms with Crippen molar-refractivity contribution in [2.24, 2.45) is 0 Å². The number of H-pyrrole nitrogens is 2. The standard InChI is InChI=1S/C24H28F3N9O12P2S/c25-24(26,27)2-4-42-15-11-5-43-49(39,40)47-14-10(45-21(13(14)37)35-3-1-9-17(28)30-7-31-18(9)35)6-44-50(41,51)48-16(15)22(46-11)36-8-32-12-19(36)33-23(29)34-20(12)38/h1,3,7-8,10-11,13-16,21-22,37H,2,4-6H2,(H7,28,29,30,31,33,34,38,39,40,41,51)/p+1. The van der Waals surface area contributed by atoms with Crippen LogP contribution >= 0.6 is 14.5 Å². The Morgan fingerprint density at radius 2 is 1.90 bits per heavy atom. The van der Waals surface area contributed by atoms with Gasteiger partial charge in [0, 0.05) is 6.20 Å². The van der Waals surface area contributed by atoms with Crippen molar-refractivity contribution in [1.29, 1.82) is 0 Å². The van der Waals surface area contributed by atoms with Gasteiger partial charge in [-0.1, -0.05) is 4.98 Å². The van der Waals surface area contributed by atoms with Crippen molar-refractivity contribution < 1.29 is 69.5 Å². The molecule has 3 aliphatic rings. The molecule has 0 saturated carbocycles. The topological polar surface area (TPSA) is 291 Å². The molecule has 7 heterocycles. The summed E-state index contributed by atoms with van der Waals surface area (Å²) in [5, 5.41) is 11.7. The number of nitrogens with two attached hydrogens (primary N) is 2. The molecule has 3 aliphatic heterocycles. The number of hydrogen-bond donors (Lipinski definition) is 7. The molecule has 0 radical (unpaired) electrons. The molecule has 4 aromatic heterocycles. The van der Waals surface area contributed by atoms with E-state index in [9.17, 15) is 37.4 Å². The summed E-state index contributed by atoms with van der Waals surface area (Å²) in [6.45, 7) is -6.99. The Labute approximate surface area is 287 Å². The second-order valence-electron chi connectivity index (χ2n) is 11.5. The van der Waals surface area contributed by atoms with E-state index in [0.717, 1.165) is 0 Å². The number of nitrogens with one attached hydrogen (secondary N) is 2. The smallest absolute Gasteiger partial charge is 0.386 e. The third-order valence-corrected chi connectivity index (χ3v) is 10.7. The molecule has 7 rings (SSSR count). The van der Waals surface area contributed by atoms with Gasteiger partial charge in [-0.15, -0.1) is 0 Å². The van der Waals surface area contributed by atoms with Crippen LogP contribution in [0.25, 0.3) is 22.2 Å². The van der Waals surface area contributed by atoms with Gasteiger partial charge >= 0.3 is 26.4 Å². The number of hydrogen-bond acceptors (Lipinski definition) is 16. The highest BCUT2D eigenvalue weighted by Gasteiger charge is 2.55. The lowest BCUT2D eigenvalue weighted by Gasteiger charge is -2.27. The highest BCUT2D eigenvalue weighted by Crippen LogP contribution is 2.54. The zero-order chi connectivity index (χ0) is 36.5. The molecule has 3 saturated heterocycles. The number of aromatic amines is 2. The van der Waals surface area contributed by atoms with Crippen LogP contribution in [0.15, 0.2) is 29.7 Å². The Morgan fingerprint density at radius 3 is 2.67 bits per heavy atom. The fraction of sp³-hybridized carbons (Fsp3) is 0.542. The first-order valence-corrected chi connectivity index (χ1v) is 18.9. The minimum absolute atomic E-state index is 0.0923. The average Bonchev–Trinajstić information content (AvgIpc) is 3.80. The van der Waals surface area contributed by atoms with Crippen molar-refractivity contribution in [3.05, 3.63) is 35.3 Å². The molecular weight excluding hydrogens is 757 g/mol. The molecule has 3 fully saturated rings. The fourth-order valence-corrected chi connectivity index (χ4v) is 8.36. The van der Waals surface area contributed by atoms with Crippen molar-refractivity contribution in [1.82, 2.24) is 29.5 Å². The summed E-state index contributed by atoms with van der Waals surface area (Å²) >= 11 is 5.28. The summed E-state index contributed by atoms with van der Waals surface area (Å²) in [4.78, 5) is 51.7. The minimum atomic E-state index is -5.17. The molecular formula is C24H29F3N9O12P2S+. The van der Waals surface area contributed by atoms with Crippen LogP contribution in [0.2, 0.25) is 0 Å². The summed E-state index contributed by atoms with van der Waals surface area (Å²) in [5.41, 5.74) is 11.0. The number of nitrogens with zero attached hydrogens (tertiary/aromatic N) is 5. The number of halogens is 3. The zero-order valence-corrected chi connectivity index (χ0v) is 28.2. The number of nitrogen functional groups attached to an aromatic ring is 2. The Kier molecular flexibility index (Phi) is 9.48. The number of rotatable bonds is 5. The number of phosphoric ester groups is 1. The summed E-state index contributed by atoms with van der Waals surface area (Å²) in [7, 11) is -5.17. The maximum atomic E-state index is 13.4. The normalized spacial score (nSPS) is 35.0. The highest BCUT2D eigenvalue weighted by atomic mass is 32.5. The monoisotopic (exact) mass is 786 g/mol. The summed E-state index contributed by atoms with van der Waals surface area (Å²) in [5.74, 6) is -0.173. The van der Waals surface area contributed by atoms with E-state index in [0.29, 0.717) is 5.39 Å². The SMILES string of the molecule is Nc1nc2c([nH]c[n+]2C2OC3COP(=O)(O)OC4C(COP(O)(=S)OC2C3OCCC(F)(F)F)OC(n2ccc3c(N)ncnc32)C4O)c(=O)[nH]1. The van der Waals surface area contributed by atoms with E-state index in [4.69, 9.17) is 55.6 Å². The van der Waals surface area contributed by atoms with Crippen LogP contribution in [0.3, 0.4) is 0 Å². The molecule has 10 unspecified atom stereocenters. The van der Waals surface area contributed by atoms with Gasteiger partial charge in [0.15, 0.2) is 18.7 Å². The van der Waals surface area contributed by atoms with Crippen LogP contribution in [-0.4, -0.2) is 107 Å². The lowest BCUT2D eigenvalue weighted by atomic mass is 10.1. The van der Waals surface area contributed by atoms with Crippen LogP contribution in [0.5, 0.6) is 0 Å². The minimum Gasteiger partial charge on any atom is -0.386 e. The number of aliphatic hydroxyl groups is 1. The van der Waals surface area contributed by atoms with Gasteiger partial charge in [-0.05, 0) is 17.9 Å². The fourth-order valence-electron chi connectivity index (χ4n) is 5.99. The molecule has 51 heavy (non-hydrogen) atoms. The van der Waals surface area contributed by atoms with Gasteiger partial charge in [0.1, 0.15) is 48.3 Å². The number of alkyl halides is 3. The molecule has 21 nitrogen and oxygen atoms in total. The quantitative estimate of drug-likeness (QED) is 0.102. The van der Waals surface area contributed by atoms with Gasteiger partial charge in [-0.3, -0.25) is 28.3 Å². The van der Waals surface area contributed by atoms with Crippen LogP contribution in [0.1, 0.15) is 18.9 Å². The molecule has 9 N–H and O–H groups in total. The summed E-state index contributed by atoms with van der Waals surface area (Å²) < 4.78 is 94.8. The van der Waals surface area contributed by atoms with E-state index in [2.05, 4.69) is 24.9 Å². The first kappa shape index (κ1) is 36.2. The predicted octanol–water partition coefficient (Wildman–Crippen LogP) is -0.224. The van der Waals surface area contributed by atoms with E-state index in [1.54, 1.807) is 6.07 Å². The van der Waals surface area contributed by atoms with E-state index in [1.807, 2.05) is 0 Å². The van der Waals surface area contributed by atoms with E-state index >= 15 is 0 Å². The molecule has 4 aromatic rings. The molecule has 0 amide bonds. The number of ether oxygens (including phenoxy) is 3. The van der Waals surface area contributed by atoms with E-state index in [1.165, 1.54) is 28.0 Å². The Bertz CT molecular complexity index is 2100. The van der Waals surface area contributed by atoms with Crippen LogP contribution in [-0.2, 0) is 48.7 Å². The van der Waals surface area contributed by atoms with Crippen molar-refractivity contribution >= 4 is 60.3 Å². The molecule has 278 valence electrons. The third kappa shape index (κ3) is 7.27. The van der Waals surface area contributed by atoms with Gasteiger partial charge in [-0.2, -0.15) is 13.2 Å². The van der Waals surface area contributed by atoms with Gasteiger partial charge in [0.2, 0.25) is 11.7 Å². The Balaban J connectivity index is 1.23. The number of aliphatic hydroxyl groups excluding tert-OH is 1. The van der Waals surface area contributed by atoms with Crippen LogP contribution in [0.4, 0.5) is 24.9 Å². The Hall–Kier alpha value is -3.16. The number of phosphoric acid groups is 1. The lowest BCUT2D eigenvalue weighted by molar-refractivity contribution is -0.744. The van der Waals surface area contributed by atoms with Gasteiger partial charge in [-0.25, -0.2) is 19.1 Å². The molecule has 0 aromatic carbocycles. The van der Waals surface area contributed by atoms with Crippen molar-refractivity contribution in [3.8, 4) is 0 Å².